The molecule has 1 aliphatic carbocycles. The van der Waals surface area contributed by atoms with Gasteiger partial charge in [0.2, 0.25) is 11.6 Å². The monoisotopic (exact) mass is 686 g/mol. The standard InChI is InChI=1S/C12H13N3O2.3C5H8O2.Gd/c16-9-7-8(13-1-2-13)12(17)11(15-5-6-15)10(9)14-3-4-14;3*1-4(6)3-5(2)7;/h7H,1-6H2;3*3,6H,1-2H3;/q;;;;+3/p-3/b;3*4-3-;. The third kappa shape index (κ3) is 15.4. The summed E-state index contributed by atoms with van der Waals surface area (Å²) in [6.07, 6.45) is 4.69. The van der Waals surface area contributed by atoms with E-state index in [1.54, 1.807) is 0 Å². The fourth-order valence-electron chi connectivity index (χ4n) is 3.13. The Hall–Kier alpha value is -2.83. The van der Waals surface area contributed by atoms with Crippen molar-refractivity contribution in [3.63, 3.8) is 0 Å². The van der Waals surface area contributed by atoms with Crippen LogP contribution in [0.3, 0.4) is 0 Å². The van der Waals surface area contributed by atoms with E-state index in [-0.39, 0.29) is 86.1 Å². The Morgan fingerprint density at radius 1 is 0.615 bits per heavy atom. The molecular formula is C27H34GdN3O8. The summed E-state index contributed by atoms with van der Waals surface area (Å²) in [5.41, 5.74) is 1.89. The summed E-state index contributed by atoms with van der Waals surface area (Å²) in [6, 6.07) is 0. The molecule has 0 spiro atoms. The number of hydrogen-bond acceptors (Lipinski definition) is 11. The van der Waals surface area contributed by atoms with Crippen LogP contribution >= 0.6 is 0 Å². The first kappa shape index (κ1) is 36.2. The van der Waals surface area contributed by atoms with Crippen LogP contribution in [-0.2, 0) is 24.0 Å². The predicted octanol–water partition coefficient (Wildman–Crippen LogP) is -1.30. The molecule has 0 aromatic heterocycles. The van der Waals surface area contributed by atoms with E-state index in [1.165, 1.54) is 47.6 Å². The minimum absolute atomic E-state index is 0. The summed E-state index contributed by atoms with van der Waals surface area (Å²) in [4.78, 5) is 60.4. The van der Waals surface area contributed by atoms with Gasteiger partial charge in [-0.1, -0.05) is 20.8 Å². The van der Waals surface area contributed by atoms with Gasteiger partial charge in [0.25, 0.3) is 0 Å². The summed E-state index contributed by atoms with van der Waals surface area (Å²) in [6.45, 7) is 13.5. The van der Waals surface area contributed by atoms with Crippen molar-refractivity contribution >= 4 is 28.9 Å². The van der Waals surface area contributed by atoms with Crippen molar-refractivity contribution in [1.82, 2.24) is 14.7 Å². The Morgan fingerprint density at radius 3 is 1.15 bits per heavy atom. The Balaban J connectivity index is 0.000000559. The van der Waals surface area contributed by atoms with Crippen LogP contribution in [0.1, 0.15) is 41.5 Å². The molecule has 213 valence electrons. The minimum Gasteiger partial charge on any atom is -0.876 e. The van der Waals surface area contributed by atoms with E-state index in [2.05, 4.69) is 0 Å². The largest absolute Gasteiger partial charge is 3.00 e. The predicted molar refractivity (Wildman–Crippen MR) is 133 cm³/mol. The maximum absolute atomic E-state index is 12.4. The second-order valence-corrected chi connectivity index (χ2v) is 8.98. The summed E-state index contributed by atoms with van der Waals surface area (Å²) in [5.74, 6) is -1.08. The van der Waals surface area contributed by atoms with Gasteiger partial charge in [0.05, 0.1) is 5.70 Å². The molecule has 3 heterocycles. The van der Waals surface area contributed by atoms with Crippen LogP contribution in [0.2, 0.25) is 0 Å². The molecule has 0 amide bonds. The van der Waals surface area contributed by atoms with Crippen molar-refractivity contribution in [2.45, 2.75) is 41.5 Å². The molecular weight excluding hydrogens is 652 g/mol. The molecule has 1 radical (unpaired) electrons. The molecule has 0 atom stereocenters. The van der Waals surface area contributed by atoms with Crippen molar-refractivity contribution in [3.8, 4) is 0 Å². The smallest absolute Gasteiger partial charge is 0.876 e. The van der Waals surface area contributed by atoms with Gasteiger partial charge in [-0.15, -0.1) is 17.3 Å². The molecule has 0 bridgehead atoms. The van der Waals surface area contributed by atoms with E-state index >= 15 is 0 Å². The van der Waals surface area contributed by atoms with Crippen LogP contribution in [0.25, 0.3) is 0 Å². The zero-order valence-electron chi connectivity index (χ0n) is 23.0. The van der Waals surface area contributed by atoms with Crippen molar-refractivity contribution in [1.29, 1.82) is 0 Å². The molecule has 3 aliphatic heterocycles. The Labute approximate surface area is 260 Å². The number of ketones is 5. The first-order valence-electron chi connectivity index (χ1n) is 12.0. The maximum Gasteiger partial charge on any atom is 3.00 e. The fourth-order valence-corrected chi connectivity index (χ4v) is 3.13. The second-order valence-electron chi connectivity index (χ2n) is 8.98. The van der Waals surface area contributed by atoms with Gasteiger partial charge in [0.1, 0.15) is 11.4 Å². The zero-order chi connectivity index (χ0) is 29.2. The Morgan fingerprint density at radius 2 is 0.923 bits per heavy atom. The molecule has 0 aromatic rings. The summed E-state index contributed by atoms with van der Waals surface area (Å²) < 4.78 is 0. The normalized spacial score (nSPS) is 17.7. The number of hydrogen-bond donors (Lipinski definition) is 0. The van der Waals surface area contributed by atoms with Crippen LogP contribution < -0.4 is 15.3 Å². The number of rotatable bonds is 6. The molecule has 0 saturated carbocycles. The average Bonchev–Trinajstić information content (AvgIpc) is 3.58. The average molecular weight is 686 g/mol. The van der Waals surface area contributed by atoms with Crippen molar-refractivity contribution in [2.24, 2.45) is 0 Å². The van der Waals surface area contributed by atoms with Gasteiger partial charge in [0, 0.05) is 45.3 Å². The number of carbonyl (C=O) groups is 5. The molecule has 4 rings (SSSR count). The molecule has 12 heteroatoms. The number of nitrogens with zero attached hydrogens (tertiary/aromatic N) is 3. The molecule has 3 saturated heterocycles. The minimum atomic E-state index is -0.187. The Bertz CT molecular complexity index is 1040. The maximum atomic E-state index is 12.4. The molecule has 39 heavy (non-hydrogen) atoms. The van der Waals surface area contributed by atoms with Gasteiger partial charge in [0.15, 0.2) is 17.3 Å². The van der Waals surface area contributed by atoms with E-state index < -0.39 is 0 Å². The fraction of sp³-hybridized carbons (Fsp3) is 0.444. The Kier molecular flexibility index (Phi) is 15.8. The topological polar surface area (TPSA) is 164 Å². The second kappa shape index (κ2) is 17.0. The van der Waals surface area contributed by atoms with Crippen molar-refractivity contribution < 1.29 is 79.2 Å². The van der Waals surface area contributed by atoms with Gasteiger partial charge in [-0.05, 0) is 39.0 Å². The molecule has 11 nitrogen and oxygen atoms in total. The first-order chi connectivity index (χ1) is 17.6. The number of carbonyl (C=O) groups excluding carboxylic acids is 5. The van der Waals surface area contributed by atoms with Crippen molar-refractivity contribution in [3.05, 3.63) is 58.7 Å². The van der Waals surface area contributed by atoms with E-state index in [9.17, 15) is 39.3 Å². The molecule has 0 unspecified atom stereocenters. The van der Waals surface area contributed by atoms with Gasteiger partial charge in [-0.3, -0.25) is 24.0 Å². The van der Waals surface area contributed by atoms with Crippen LogP contribution in [0, 0.1) is 39.9 Å². The van der Waals surface area contributed by atoms with E-state index in [1.807, 2.05) is 14.7 Å². The molecule has 0 N–H and O–H groups in total. The quantitative estimate of drug-likeness (QED) is 0.141. The van der Waals surface area contributed by atoms with E-state index in [4.69, 9.17) is 0 Å². The summed E-state index contributed by atoms with van der Waals surface area (Å²) in [7, 11) is 0. The molecule has 4 aliphatic rings. The third-order valence-corrected chi connectivity index (χ3v) is 4.71. The molecule has 0 aromatic carbocycles. The van der Waals surface area contributed by atoms with Gasteiger partial charge in [-0.2, -0.15) is 0 Å². The van der Waals surface area contributed by atoms with Gasteiger partial charge < -0.3 is 30.0 Å². The van der Waals surface area contributed by atoms with Crippen LogP contribution in [0.15, 0.2) is 58.7 Å². The van der Waals surface area contributed by atoms with E-state index in [0.29, 0.717) is 17.1 Å². The number of Topliss-reactive ketones (excluding diaryl/α,β-unsaturated/α-hetero) is 1. The third-order valence-electron chi connectivity index (χ3n) is 4.71. The van der Waals surface area contributed by atoms with Crippen LogP contribution in [0.5, 0.6) is 0 Å². The van der Waals surface area contributed by atoms with Gasteiger partial charge in [-0.25, -0.2) is 0 Å². The first-order valence-corrected chi connectivity index (χ1v) is 12.0. The van der Waals surface area contributed by atoms with Crippen LogP contribution in [-0.4, -0.2) is 82.9 Å². The SMILES string of the molecule is CC(=O)/C=C(/C)[O-].CC(=O)/C=C(/C)[O-].CC(=O)/C=C(/C)[O-].O=C1C=C(N2CC2)C(=O)C(N2CC2)=C1N1CC1.[Gd+3]. The number of allylic oxidation sites excluding steroid dienone is 7. The molecule has 3 fully saturated rings. The zero-order valence-corrected chi connectivity index (χ0v) is 25.3. The van der Waals surface area contributed by atoms with Crippen LogP contribution in [0.4, 0.5) is 0 Å². The summed E-state index contributed by atoms with van der Waals surface area (Å²) >= 11 is 0. The van der Waals surface area contributed by atoms with Crippen molar-refractivity contribution in [2.75, 3.05) is 39.3 Å². The van der Waals surface area contributed by atoms with Gasteiger partial charge >= 0.3 is 39.9 Å². The van der Waals surface area contributed by atoms with E-state index in [0.717, 1.165) is 57.5 Å². The summed E-state index contributed by atoms with van der Waals surface area (Å²) in [5, 5.41) is 29.9.